The summed E-state index contributed by atoms with van der Waals surface area (Å²) < 4.78 is 13.1. The first-order chi connectivity index (χ1) is 9.67. The number of rotatable bonds is 4. The fourth-order valence-electron chi connectivity index (χ4n) is 1.81. The Labute approximate surface area is 146 Å². The van der Waals surface area contributed by atoms with E-state index in [0.29, 0.717) is 0 Å². The molecule has 0 unspecified atom stereocenters. The molecule has 2 aromatic rings. The molecule has 0 bridgehead atoms. The minimum absolute atomic E-state index is 0.796. The van der Waals surface area contributed by atoms with Gasteiger partial charge < -0.3 is 9.47 Å². The van der Waals surface area contributed by atoms with E-state index in [-0.39, 0.29) is 0 Å². The van der Waals surface area contributed by atoms with E-state index < -0.39 is 0 Å². The Kier molecular flexibility index (Phi) is 5.71. The lowest BCUT2D eigenvalue weighted by atomic mass is 10.1. The fourth-order valence-corrected chi connectivity index (χ4v) is 3.22. The van der Waals surface area contributed by atoms with Gasteiger partial charge in [0.2, 0.25) is 0 Å². The van der Waals surface area contributed by atoms with Crippen LogP contribution in [0.15, 0.2) is 48.5 Å². The molecule has 0 fully saturated rings. The van der Waals surface area contributed by atoms with Crippen molar-refractivity contribution in [3.63, 3.8) is 0 Å². The molecule has 2 rings (SSSR count). The highest BCUT2D eigenvalue weighted by Gasteiger charge is 2.12. The van der Waals surface area contributed by atoms with Crippen LogP contribution in [-0.4, -0.2) is 14.2 Å². The van der Waals surface area contributed by atoms with Crippen molar-refractivity contribution in [1.82, 2.24) is 0 Å². The van der Waals surface area contributed by atoms with Crippen LogP contribution in [0.3, 0.4) is 0 Å². The summed E-state index contributed by atoms with van der Waals surface area (Å²) in [5, 5.41) is 0. The van der Waals surface area contributed by atoms with Crippen LogP contribution in [0.1, 0.15) is 11.1 Å². The Morgan fingerprint density at radius 3 is 2.15 bits per heavy atom. The molecule has 0 radical (unpaired) electrons. The van der Waals surface area contributed by atoms with Gasteiger partial charge in [-0.3, -0.25) is 0 Å². The molecule has 0 aromatic heterocycles. The molecule has 0 aliphatic rings. The minimum atomic E-state index is 0.796. The summed E-state index contributed by atoms with van der Waals surface area (Å²) >= 11 is 4.73. The maximum Gasteiger partial charge on any atom is 0.130 e. The van der Waals surface area contributed by atoms with Gasteiger partial charge in [-0.1, -0.05) is 30.3 Å². The summed E-state index contributed by atoms with van der Waals surface area (Å²) in [6, 6.07) is 16.2. The zero-order valence-corrected chi connectivity index (χ0v) is 15.5. The average Bonchev–Trinajstić information content (AvgIpc) is 2.53. The molecule has 2 nitrogen and oxygen atoms in total. The van der Waals surface area contributed by atoms with Gasteiger partial charge in [-0.05, 0) is 62.9 Å². The summed E-state index contributed by atoms with van der Waals surface area (Å²) in [4.78, 5) is 0. The van der Waals surface area contributed by atoms with Crippen molar-refractivity contribution in [2.45, 2.75) is 0 Å². The van der Waals surface area contributed by atoms with Gasteiger partial charge in [0.25, 0.3) is 0 Å². The lowest BCUT2D eigenvalue weighted by Crippen LogP contribution is -1.92. The lowest BCUT2D eigenvalue weighted by molar-refractivity contribution is 0.393. The molecule has 0 N–H and O–H groups in total. The second-order valence-electron chi connectivity index (χ2n) is 4.06. The Morgan fingerprint density at radius 1 is 0.850 bits per heavy atom. The molecule has 20 heavy (non-hydrogen) atoms. The molecule has 0 amide bonds. The van der Waals surface area contributed by atoms with Gasteiger partial charge >= 0.3 is 0 Å². The van der Waals surface area contributed by atoms with Crippen molar-refractivity contribution in [2.24, 2.45) is 0 Å². The van der Waals surface area contributed by atoms with Gasteiger partial charge in [0, 0.05) is 18.8 Å². The van der Waals surface area contributed by atoms with E-state index >= 15 is 0 Å². The number of hydrogen-bond donors (Lipinski definition) is 0. The second kappa shape index (κ2) is 7.31. The first-order valence-electron chi connectivity index (χ1n) is 6.00. The zero-order valence-electron chi connectivity index (χ0n) is 11.2. The average molecular weight is 492 g/mol. The molecule has 0 saturated heterocycles. The minimum Gasteiger partial charge on any atom is -0.497 e. The summed E-state index contributed by atoms with van der Waals surface area (Å²) in [6.45, 7) is 0. The molecular weight excluding hydrogens is 478 g/mol. The van der Waals surface area contributed by atoms with E-state index in [1.165, 1.54) is 9.14 Å². The molecule has 0 aliphatic heterocycles. The second-order valence-corrected chi connectivity index (χ2v) is 6.22. The predicted octanol–water partition coefficient (Wildman–Crippen LogP) is 5.40. The molecule has 0 spiro atoms. The molecule has 0 saturated carbocycles. The first kappa shape index (κ1) is 15.6. The number of benzene rings is 2. The van der Waals surface area contributed by atoms with Crippen LogP contribution in [0.25, 0.3) is 7.16 Å². The van der Waals surface area contributed by atoms with Gasteiger partial charge in [-0.15, -0.1) is 0 Å². The van der Waals surface area contributed by atoms with Crippen LogP contribution in [-0.2, 0) is 0 Å². The first-order valence-corrected chi connectivity index (χ1v) is 8.16. The largest absolute Gasteiger partial charge is 0.497 e. The van der Waals surface area contributed by atoms with Crippen LogP contribution in [0.4, 0.5) is 0 Å². The van der Waals surface area contributed by atoms with Crippen molar-refractivity contribution in [3.8, 4) is 11.5 Å². The van der Waals surface area contributed by atoms with E-state index in [4.69, 9.17) is 9.47 Å². The van der Waals surface area contributed by atoms with E-state index in [0.717, 1.165) is 20.6 Å². The Balaban J connectivity index is 2.50. The third kappa shape index (κ3) is 3.46. The quantitative estimate of drug-likeness (QED) is 0.421. The third-order valence-electron chi connectivity index (χ3n) is 2.87. The lowest BCUT2D eigenvalue weighted by Gasteiger charge is -2.12. The Hall–Kier alpha value is -0.760. The molecule has 104 valence electrons. The SMILES string of the molecule is COc1ccc(/C(I)=C(\I)c2ccccc2)c(OC)c1. The monoisotopic (exact) mass is 492 g/mol. The van der Waals surface area contributed by atoms with E-state index in [2.05, 4.69) is 57.3 Å². The third-order valence-corrected chi connectivity index (χ3v) is 6.18. The highest BCUT2D eigenvalue weighted by atomic mass is 127. The topological polar surface area (TPSA) is 18.5 Å². The van der Waals surface area contributed by atoms with Gasteiger partial charge in [0.1, 0.15) is 11.5 Å². The van der Waals surface area contributed by atoms with Crippen LogP contribution in [0.5, 0.6) is 11.5 Å². The van der Waals surface area contributed by atoms with Gasteiger partial charge in [0.15, 0.2) is 0 Å². The molecule has 4 heteroatoms. The van der Waals surface area contributed by atoms with Crippen molar-refractivity contribution in [2.75, 3.05) is 14.2 Å². The predicted molar refractivity (Wildman–Crippen MR) is 101 cm³/mol. The van der Waals surface area contributed by atoms with Crippen LogP contribution in [0.2, 0.25) is 0 Å². The van der Waals surface area contributed by atoms with Crippen molar-refractivity contribution >= 4 is 52.3 Å². The summed E-state index contributed by atoms with van der Waals surface area (Å²) in [6.07, 6.45) is 0. The van der Waals surface area contributed by atoms with E-state index in [1.807, 2.05) is 36.4 Å². The Morgan fingerprint density at radius 2 is 1.55 bits per heavy atom. The van der Waals surface area contributed by atoms with Crippen molar-refractivity contribution < 1.29 is 9.47 Å². The summed E-state index contributed by atoms with van der Waals surface area (Å²) in [7, 11) is 3.33. The fraction of sp³-hybridized carbons (Fsp3) is 0.125. The van der Waals surface area contributed by atoms with Gasteiger partial charge in [-0.2, -0.15) is 0 Å². The maximum atomic E-state index is 5.47. The van der Waals surface area contributed by atoms with E-state index in [9.17, 15) is 0 Å². The molecule has 0 heterocycles. The van der Waals surface area contributed by atoms with Gasteiger partial charge in [0.05, 0.1) is 14.2 Å². The highest BCUT2D eigenvalue weighted by molar-refractivity contribution is 14.1. The van der Waals surface area contributed by atoms with Crippen molar-refractivity contribution in [3.05, 3.63) is 59.7 Å². The number of methoxy groups -OCH3 is 2. The summed E-state index contributed by atoms with van der Waals surface area (Å²) in [5.74, 6) is 1.61. The molecule has 0 aliphatic carbocycles. The molecular formula is C16H14I2O2. The number of halogens is 2. The summed E-state index contributed by atoms with van der Waals surface area (Å²) in [5.41, 5.74) is 2.28. The Bertz CT molecular complexity index is 622. The maximum absolute atomic E-state index is 5.47. The zero-order chi connectivity index (χ0) is 14.5. The van der Waals surface area contributed by atoms with Gasteiger partial charge in [-0.25, -0.2) is 0 Å². The highest BCUT2D eigenvalue weighted by Crippen LogP contribution is 2.41. The molecule has 2 aromatic carbocycles. The van der Waals surface area contributed by atoms with Crippen LogP contribution < -0.4 is 9.47 Å². The number of hydrogen-bond acceptors (Lipinski definition) is 2. The van der Waals surface area contributed by atoms with Crippen LogP contribution in [0, 0.1) is 0 Å². The normalized spacial score (nSPS) is 11.8. The standard InChI is InChI=1S/C16H14I2O2/c1-19-12-8-9-13(14(10-12)20-2)16(18)15(17)11-6-4-3-5-7-11/h3-10H,1-2H3/b16-15+. The number of ether oxygens (including phenoxy) is 2. The van der Waals surface area contributed by atoms with Crippen molar-refractivity contribution in [1.29, 1.82) is 0 Å². The smallest absolute Gasteiger partial charge is 0.130 e. The van der Waals surface area contributed by atoms with E-state index in [1.54, 1.807) is 14.2 Å². The molecule has 0 atom stereocenters. The van der Waals surface area contributed by atoms with Crippen LogP contribution >= 0.6 is 45.2 Å².